The van der Waals surface area contributed by atoms with Crippen LogP contribution in [0.25, 0.3) is 22.0 Å². The molecule has 4 aromatic rings. The first-order valence-corrected chi connectivity index (χ1v) is 10.9. The number of aromatic amines is 1. The van der Waals surface area contributed by atoms with E-state index in [2.05, 4.69) is 14.9 Å². The van der Waals surface area contributed by atoms with Gasteiger partial charge in [-0.15, -0.1) is 5.10 Å². The molecule has 0 spiro atoms. The summed E-state index contributed by atoms with van der Waals surface area (Å²) in [5.41, 5.74) is 6.93. The number of carbonyl (C=O) groups is 1. The molecule has 0 unspecified atom stereocenters. The van der Waals surface area contributed by atoms with Crippen LogP contribution in [0.1, 0.15) is 23.1 Å². The molecule has 1 heterocycles. The van der Waals surface area contributed by atoms with Gasteiger partial charge >= 0.3 is 12.3 Å². The molecular weight excluding hydrogens is 478 g/mol. The van der Waals surface area contributed by atoms with Crippen LogP contribution in [0.2, 0.25) is 0 Å². The summed E-state index contributed by atoms with van der Waals surface area (Å²) in [4.78, 5) is 10.7. The Bertz CT molecular complexity index is 1380. The SMILES string of the molecule is NC(=O)OCCOc1ccc(/C(=C(/CC(F)(F)F)c2ccccc2)c2ccc3[nH]nc(F)c3c2)cc1. The number of H-pyrrole nitrogens is 1. The smallest absolute Gasteiger partial charge is 0.404 e. The van der Waals surface area contributed by atoms with Gasteiger partial charge in [-0.05, 0) is 52.1 Å². The predicted molar refractivity (Wildman–Crippen MR) is 127 cm³/mol. The van der Waals surface area contributed by atoms with Crippen molar-refractivity contribution in [3.8, 4) is 5.75 Å². The molecular formula is C26H21F4N3O3. The topological polar surface area (TPSA) is 90.2 Å². The number of halogens is 4. The molecule has 0 saturated heterocycles. The molecule has 1 aromatic heterocycles. The first-order chi connectivity index (χ1) is 17.2. The number of carbonyl (C=O) groups excluding carboxylic acids is 1. The quantitative estimate of drug-likeness (QED) is 0.174. The van der Waals surface area contributed by atoms with Crippen molar-refractivity contribution in [3.63, 3.8) is 0 Å². The van der Waals surface area contributed by atoms with Gasteiger partial charge in [0.1, 0.15) is 19.0 Å². The number of nitrogens with two attached hydrogens (primary N) is 1. The fourth-order valence-corrected chi connectivity index (χ4v) is 3.85. The van der Waals surface area contributed by atoms with Crippen LogP contribution in [-0.2, 0) is 4.74 Å². The molecule has 0 bridgehead atoms. The van der Waals surface area contributed by atoms with Crippen LogP contribution >= 0.6 is 0 Å². The lowest BCUT2D eigenvalue weighted by Crippen LogP contribution is -2.17. The van der Waals surface area contributed by atoms with Gasteiger partial charge < -0.3 is 15.2 Å². The van der Waals surface area contributed by atoms with Gasteiger partial charge in [0.25, 0.3) is 0 Å². The number of hydrogen-bond donors (Lipinski definition) is 2. The van der Waals surface area contributed by atoms with E-state index < -0.39 is 24.6 Å². The van der Waals surface area contributed by atoms with E-state index in [4.69, 9.17) is 10.5 Å². The van der Waals surface area contributed by atoms with E-state index in [1.54, 1.807) is 66.7 Å². The minimum Gasteiger partial charge on any atom is -0.490 e. The van der Waals surface area contributed by atoms with Gasteiger partial charge in [-0.2, -0.15) is 17.6 Å². The Morgan fingerprint density at radius 3 is 2.28 bits per heavy atom. The summed E-state index contributed by atoms with van der Waals surface area (Å²) in [6, 6.07) is 19.4. The Kier molecular flexibility index (Phi) is 7.23. The van der Waals surface area contributed by atoms with Crippen molar-refractivity contribution in [2.45, 2.75) is 12.6 Å². The summed E-state index contributed by atoms with van der Waals surface area (Å²) in [5, 5.41) is 6.27. The van der Waals surface area contributed by atoms with Crippen LogP contribution in [0.5, 0.6) is 5.75 Å². The Labute approximate surface area is 203 Å². The largest absolute Gasteiger partial charge is 0.490 e. The first kappa shape index (κ1) is 24.8. The van der Waals surface area contributed by atoms with Gasteiger partial charge in [-0.3, -0.25) is 5.10 Å². The molecule has 0 fully saturated rings. The van der Waals surface area contributed by atoms with E-state index in [9.17, 15) is 22.4 Å². The normalized spacial score (nSPS) is 12.3. The maximum Gasteiger partial charge on any atom is 0.404 e. The summed E-state index contributed by atoms with van der Waals surface area (Å²) < 4.78 is 65.7. The van der Waals surface area contributed by atoms with E-state index in [1.165, 1.54) is 6.07 Å². The third-order valence-electron chi connectivity index (χ3n) is 5.35. The summed E-state index contributed by atoms with van der Waals surface area (Å²) in [6.07, 6.45) is -6.61. The third-order valence-corrected chi connectivity index (χ3v) is 5.35. The van der Waals surface area contributed by atoms with Crippen molar-refractivity contribution in [1.82, 2.24) is 10.2 Å². The van der Waals surface area contributed by atoms with Crippen molar-refractivity contribution in [3.05, 3.63) is 95.4 Å². The van der Waals surface area contributed by atoms with Crippen molar-refractivity contribution in [1.29, 1.82) is 0 Å². The summed E-state index contributed by atoms with van der Waals surface area (Å²) in [6.45, 7) is -0.00693. The minimum atomic E-state index is -4.50. The van der Waals surface area contributed by atoms with Crippen LogP contribution in [-0.4, -0.2) is 35.7 Å². The van der Waals surface area contributed by atoms with Crippen LogP contribution in [0.4, 0.5) is 22.4 Å². The second-order valence-electron chi connectivity index (χ2n) is 7.83. The van der Waals surface area contributed by atoms with Crippen LogP contribution in [0.15, 0.2) is 72.8 Å². The fraction of sp³-hybridized carbons (Fsp3) is 0.154. The number of primary amides is 1. The Hall–Kier alpha value is -4.34. The average molecular weight is 499 g/mol. The molecule has 186 valence electrons. The number of rotatable bonds is 8. The number of aromatic nitrogens is 2. The number of amides is 1. The monoisotopic (exact) mass is 499 g/mol. The maximum atomic E-state index is 14.2. The molecule has 0 radical (unpaired) electrons. The number of benzene rings is 3. The maximum absolute atomic E-state index is 14.2. The molecule has 3 aromatic carbocycles. The number of nitrogens with zero attached hydrogens (tertiary/aromatic N) is 1. The number of ether oxygens (including phenoxy) is 2. The molecule has 3 N–H and O–H groups in total. The highest BCUT2D eigenvalue weighted by Crippen LogP contribution is 2.40. The van der Waals surface area contributed by atoms with Gasteiger partial charge in [0.2, 0.25) is 5.95 Å². The Morgan fingerprint density at radius 1 is 0.917 bits per heavy atom. The van der Waals surface area contributed by atoms with Crippen molar-refractivity contribution in [2.24, 2.45) is 5.73 Å². The predicted octanol–water partition coefficient (Wildman–Crippen LogP) is 6.09. The van der Waals surface area contributed by atoms with Crippen LogP contribution in [0.3, 0.4) is 0 Å². The number of allylic oxidation sites excluding steroid dienone is 1. The molecule has 0 atom stereocenters. The van der Waals surface area contributed by atoms with Gasteiger partial charge in [-0.1, -0.05) is 48.5 Å². The lowest BCUT2D eigenvalue weighted by Gasteiger charge is -2.19. The molecule has 0 saturated carbocycles. The first-order valence-electron chi connectivity index (χ1n) is 10.9. The lowest BCUT2D eigenvalue weighted by molar-refractivity contribution is -0.122. The van der Waals surface area contributed by atoms with E-state index in [0.717, 1.165) is 0 Å². The molecule has 0 aliphatic carbocycles. The van der Waals surface area contributed by atoms with Gasteiger partial charge in [0.05, 0.1) is 17.3 Å². The van der Waals surface area contributed by atoms with Crippen molar-refractivity contribution >= 4 is 28.1 Å². The molecule has 1 amide bonds. The minimum absolute atomic E-state index is 0.0369. The second-order valence-corrected chi connectivity index (χ2v) is 7.83. The highest BCUT2D eigenvalue weighted by molar-refractivity contribution is 6.00. The number of nitrogens with one attached hydrogen (secondary N) is 1. The van der Waals surface area contributed by atoms with Crippen molar-refractivity contribution < 1.29 is 31.8 Å². The zero-order chi connectivity index (χ0) is 25.7. The fourth-order valence-electron chi connectivity index (χ4n) is 3.85. The van der Waals surface area contributed by atoms with E-state index in [0.29, 0.717) is 33.5 Å². The molecule has 4 rings (SSSR count). The standard InChI is InChI=1S/C26H21F4N3O3/c27-24-20-14-18(8-11-22(20)32-33-24)23(21(15-26(28,29)30)16-4-2-1-3-5-16)17-6-9-19(10-7-17)35-12-13-36-25(31)34/h1-11,14H,12-13,15H2,(H2,31,34)(H,32,33)/b23-21+. The molecule has 6 nitrogen and oxygen atoms in total. The highest BCUT2D eigenvalue weighted by atomic mass is 19.4. The van der Waals surface area contributed by atoms with Gasteiger partial charge in [0.15, 0.2) is 0 Å². The average Bonchev–Trinajstić information content (AvgIpc) is 3.22. The Morgan fingerprint density at radius 2 is 1.61 bits per heavy atom. The number of alkyl halides is 3. The summed E-state index contributed by atoms with van der Waals surface area (Å²) in [7, 11) is 0. The highest BCUT2D eigenvalue weighted by Gasteiger charge is 2.31. The van der Waals surface area contributed by atoms with E-state index >= 15 is 0 Å². The number of hydrogen-bond acceptors (Lipinski definition) is 4. The number of fused-ring (bicyclic) bond motifs is 1. The second kappa shape index (κ2) is 10.5. The molecule has 10 heteroatoms. The lowest BCUT2D eigenvalue weighted by atomic mass is 9.87. The van der Waals surface area contributed by atoms with Crippen LogP contribution in [0, 0.1) is 5.95 Å². The Balaban J connectivity index is 1.83. The van der Waals surface area contributed by atoms with Gasteiger partial charge in [-0.25, -0.2) is 4.79 Å². The molecule has 0 aliphatic heterocycles. The van der Waals surface area contributed by atoms with Gasteiger partial charge in [0, 0.05) is 0 Å². The zero-order valence-corrected chi connectivity index (χ0v) is 18.8. The molecule has 36 heavy (non-hydrogen) atoms. The third kappa shape index (κ3) is 6.01. The van der Waals surface area contributed by atoms with Crippen molar-refractivity contribution in [2.75, 3.05) is 13.2 Å². The summed E-state index contributed by atoms with van der Waals surface area (Å²) >= 11 is 0. The van der Waals surface area contributed by atoms with E-state index in [-0.39, 0.29) is 24.2 Å². The summed E-state index contributed by atoms with van der Waals surface area (Å²) in [5.74, 6) is -0.329. The zero-order valence-electron chi connectivity index (χ0n) is 18.8. The molecule has 0 aliphatic rings. The van der Waals surface area contributed by atoms with Crippen LogP contribution < -0.4 is 10.5 Å². The van der Waals surface area contributed by atoms with E-state index in [1.807, 2.05) is 0 Å².